The second-order valence-corrected chi connectivity index (χ2v) is 6.75. The number of nitrogens with zero attached hydrogens (tertiary/aromatic N) is 5. The van der Waals surface area contributed by atoms with E-state index in [4.69, 9.17) is 0 Å². The van der Waals surface area contributed by atoms with Crippen molar-refractivity contribution in [1.82, 2.24) is 24.3 Å². The fourth-order valence-electron chi connectivity index (χ4n) is 3.48. The highest BCUT2D eigenvalue weighted by Crippen LogP contribution is 2.17. The molecular formula is C21H25N5. The van der Waals surface area contributed by atoms with Crippen LogP contribution in [0, 0.1) is 0 Å². The van der Waals surface area contributed by atoms with E-state index in [9.17, 15) is 0 Å². The molecule has 2 aromatic heterocycles. The maximum absolute atomic E-state index is 4.54. The lowest BCUT2D eigenvalue weighted by atomic mass is 10.2. The van der Waals surface area contributed by atoms with E-state index in [2.05, 4.69) is 66.9 Å². The van der Waals surface area contributed by atoms with Gasteiger partial charge in [0.1, 0.15) is 5.82 Å². The molecule has 134 valence electrons. The fourth-order valence-corrected chi connectivity index (χ4v) is 3.48. The summed E-state index contributed by atoms with van der Waals surface area (Å²) in [4.78, 5) is 14.0. The van der Waals surface area contributed by atoms with Gasteiger partial charge < -0.3 is 4.57 Å². The molecule has 0 saturated carbocycles. The molecule has 0 atom stereocenters. The lowest BCUT2D eigenvalue weighted by Gasteiger charge is -2.34. The first-order valence-corrected chi connectivity index (χ1v) is 9.30. The Labute approximate surface area is 154 Å². The molecule has 1 aromatic carbocycles. The standard InChI is InChI=1S/C21H25N5/c1-2-6-19(7-3-1)21-23-10-11-26(21)17-16-24-12-14-25(15-13-24)18-20-8-4-5-9-22-20/h1-11H,12-18H2. The van der Waals surface area contributed by atoms with Gasteiger partial charge in [-0.25, -0.2) is 4.98 Å². The maximum Gasteiger partial charge on any atom is 0.139 e. The second-order valence-electron chi connectivity index (χ2n) is 6.75. The summed E-state index contributed by atoms with van der Waals surface area (Å²) in [7, 11) is 0. The van der Waals surface area contributed by atoms with Crippen molar-refractivity contribution in [2.45, 2.75) is 13.1 Å². The van der Waals surface area contributed by atoms with Gasteiger partial charge in [0.2, 0.25) is 0 Å². The summed E-state index contributed by atoms with van der Waals surface area (Å²) in [5.74, 6) is 1.05. The second kappa shape index (κ2) is 8.25. The van der Waals surface area contributed by atoms with E-state index < -0.39 is 0 Å². The first-order chi connectivity index (χ1) is 12.9. The van der Waals surface area contributed by atoms with Crippen LogP contribution < -0.4 is 0 Å². The molecule has 0 unspecified atom stereocenters. The number of rotatable bonds is 6. The van der Waals surface area contributed by atoms with Crippen LogP contribution in [-0.4, -0.2) is 57.1 Å². The van der Waals surface area contributed by atoms with Crippen molar-refractivity contribution in [3.8, 4) is 11.4 Å². The third-order valence-electron chi connectivity index (χ3n) is 4.98. The fraction of sp³-hybridized carbons (Fsp3) is 0.333. The van der Waals surface area contributed by atoms with E-state index in [-0.39, 0.29) is 0 Å². The molecule has 5 nitrogen and oxygen atoms in total. The van der Waals surface area contributed by atoms with Crippen LogP contribution >= 0.6 is 0 Å². The van der Waals surface area contributed by atoms with Gasteiger partial charge in [-0.1, -0.05) is 36.4 Å². The van der Waals surface area contributed by atoms with Gasteiger partial charge in [0, 0.05) is 70.0 Å². The predicted octanol–water partition coefficient (Wildman–Crippen LogP) is 2.76. The third-order valence-corrected chi connectivity index (χ3v) is 4.98. The number of pyridine rings is 1. The number of hydrogen-bond donors (Lipinski definition) is 0. The topological polar surface area (TPSA) is 37.2 Å². The van der Waals surface area contributed by atoms with Crippen LogP contribution in [0.1, 0.15) is 5.69 Å². The van der Waals surface area contributed by atoms with Gasteiger partial charge in [0.15, 0.2) is 0 Å². The number of hydrogen-bond acceptors (Lipinski definition) is 4. The Balaban J connectivity index is 1.28. The number of aromatic nitrogens is 3. The van der Waals surface area contributed by atoms with Crippen LogP contribution in [0.5, 0.6) is 0 Å². The minimum atomic E-state index is 0.953. The Hall–Kier alpha value is -2.50. The van der Waals surface area contributed by atoms with Gasteiger partial charge >= 0.3 is 0 Å². The van der Waals surface area contributed by atoms with Crippen LogP contribution in [0.15, 0.2) is 67.1 Å². The third kappa shape index (κ3) is 4.18. The zero-order valence-electron chi connectivity index (χ0n) is 15.0. The predicted molar refractivity (Wildman–Crippen MR) is 104 cm³/mol. The molecule has 0 bridgehead atoms. The molecular weight excluding hydrogens is 322 g/mol. The van der Waals surface area contributed by atoms with E-state index in [1.165, 1.54) is 5.56 Å². The summed E-state index contributed by atoms with van der Waals surface area (Å²) >= 11 is 0. The van der Waals surface area contributed by atoms with Crippen LogP contribution in [-0.2, 0) is 13.1 Å². The van der Waals surface area contributed by atoms with Gasteiger partial charge in [-0.3, -0.25) is 14.8 Å². The van der Waals surface area contributed by atoms with Crippen LogP contribution in [0.25, 0.3) is 11.4 Å². The molecule has 1 fully saturated rings. The molecule has 26 heavy (non-hydrogen) atoms. The lowest BCUT2D eigenvalue weighted by Crippen LogP contribution is -2.46. The molecule has 1 aliphatic heterocycles. The molecule has 0 amide bonds. The molecule has 0 spiro atoms. The van der Waals surface area contributed by atoms with Crippen molar-refractivity contribution < 1.29 is 0 Å². The van der Waals surface area contributed by atoms with E-state index in [0.717, 1.165) is 57.3 Å². The monoisotopic (exact) mass is 347 g/mol. The highest BCUT2D eigenvalue weighted by molar-refractivity contribution is 5.55. The Morgan fingerprint density at radius 3 is 2.27 bits per heavy atom. The van der Waals surface area contributed by atoms with E-state index in [1.807, 2.05) is 24.5 Å². The van der Waals surface area contributed by atoms with Gasteiger partial charge in [-0.2, -0.15) is 0 Å². The quantitative estimate of drug-likeness (QED) is 0.687. The van der Waals surface area contributed by atoms with Crippen LogP contribution in [0.2, 0.25) is 0 Å². The molecule has 3 heterocycles. The molecule has 0 N–H and O–H groups in total. The first-order valence-electron chi connectivity index (χ1n) is 9.30. The Bertz CT molecular complexity index is 792. The van der Waals surface area contributed by atoms with Gasteiger partial charge in [-0.05, 0) is 12.1 Å². The van der Waals surface area contributed by atoms with Crippen molar-refractivity contribution in [3.05, 3.63) is 72.8 Å². The summed E-state index contributed by atoms with van der Waals surface area (Å²) in [6, 6.07) is 16.6. The smallest absolute Gasteiger partial charge is 0.139 e. The zero-order valence-corrected chi connectivity index (χ0v) is 15.0. The summed E-state index contributed by atoms with van der Waals surface area (Å²) < 4.78 is 2.26. The molecule has 5 heteroatoms. The van der Waals surface area contributed by atoms with Crippen molar-refractivity contribution in [2.24, 2.45) is 0 Å². The molecule has 0 radical (unpaired) electrons. The van der Waals surface area contributed by atoms with E-state index >= 15 is 0 Å². The molecule has 1 aliphatic rings. The minimum absolute atomic E-state index is 0.953. The molecule has 3 aromatic rings. The van der Waals surface area contributed by atoms with Gasteiger partial charge in [-0.15, -0.1) is 0 Å². The highest BCUT2D eigenvalue weighted by atomic mass is 15.3. The van der Waals surface area contributed by atoms with Crippen molar-refractivity contribution in [3.63, 3.8) is 0 Å². The molecule has 0 aliphatic carbocycles. The van der Waals surface area contributed by atoms with Crippen molar-refractivity contribution in [1.29, 1.82) is 0 Å². The number of piperazine rings is 1. The Morgan fingerprint density at radius 2 is 1.50 bits per heavy atom. The molecule has 1 saturated heterocycles. The van der Waals surface area contributed by atoms with Crippen molar-refractivity contribution in [2.75, 3.05) is 32.7 Å². The molecule has 4 rings (SSSR count). The van der Waals surface area contributed by atoms with E-state index in [1.54, 1.807) is 0 Å². The Morgan fingerprint density at radius 1 is 0.731 bits per heavy atom. The summed E-state index contributed by atoms with van der Waals surface area (Å²) in [5.41, 5.74) is 2.34. The van der Waals surface area contributed by atoms with Gasteiger partial charge in [0.25, 0.3) is 0 Å². The lowest BCUT2D eigenvalue weighted by molar-refractivity contribution is 0.123. The largest absolute Gasteiger partial charge is 0.330 e. The summed E-state index contributed by atoms with van der Waals surface area (Å²) in [6.45, 7) is 7.43. The highest BCUT2D eigenvalue weighted by Gasteiger charge is 2.17. The number of imidazole rings is 1. The first kappa shape index (κ1) is 16.9. The van der Waals surface area contributed by atoms with Gasteiger partial charge in [0.05, 0.1) is 5.69 Å². The average molecular weight is 347 g/mol. The normalized spacial score (nSPS) is 16.0. The Kier molecular flexibility index (Phi) is 5.38. The SMILES string of the molecule is c1ccc(-c2nccn2CCN2CCN(Cc3ccccn3)CC2)cc1. The van der Waals surface area contributed by atoms with Crippen LogP contribution in [0.4, 0.5) is 0 Å². The van der Waals surface area contributed by atoms with Crippen molar-refractivity contribution >= 4 is 0 Å². The summed E-state index contributed by atoms with van der Waals surface area (Å²) in [6.07, 6.45) is 5.85. The average Bonchev–Trinajstić information content (AvgIpc) is 3.18. The zero-order chi connectivity index (χ0) is 17.6. The van der Waals surface area contributed by atoms with E-state index in [0.29, 0.717) is 0 Å². The van der Waals surface area contributed by atoms with Crippen LogP contribution in [0.3, 0.4) is 0 Å². The maximum atomic E-state index is 4.54. The minimum Gasteiger partial charge on any atom is -0.330 e. The summed E-state index contributed by atoms with van der Waals surface area (Å²) in [5, 5.41) is 0. The number of benzene rings is 1.